The van der Waals surface area contributed by atoms with Gasteiger partial charge in [0.25, 0.3) is 5.91 Å². The normalized spacial score (nSPS) is 20.9. The van der Waals surface area contributed by atoms with E-state index in [0.29, 0.717) is 32.0 Å². The van der Waals surface area contributed by atoms with Crippen molar-refractivity contribution in [3.63, 3.8) is 0 Å². The fourth-order valence-corrected chi connectivity index (χ4v) is 4.68. The van der Waals surface area contributed by atoms with Gasteiger partial charge in [-0.1, -0.05) is 12.2 Å². The number of hydrogen-bond donors (Lipinski definition) is 1. The van der Waals surface area contributed by atoms with Crippen LogP contribution in [0.5, 0.6) is 0 Å². The second-order valence-corrected chi connectivity index (χ2v) is 9.07. The van der Waals surface area contributed by atoms with E-state index in [1.165, 1.54) is 35.5 Å². The molecule has 9 heteroatoms. The fourth-order valence-electron chi connectivity index (χ4n) is 3.27. The molecule has 0 spiro atoms. The first kappa shape index (κ1) is 21.5. The molecule has 1 heterocycles. The minimum Gasteiger partial charge on any atom is -0.453 e. The molecule has 1 aromatic carbocycles. The lowest BCUT2D eigenvalue weighted by atomic mass is 10.1. The van der Waals surface area contributed by atoms with Crippen LogP contribution in [-0.4, -0.2) is 57.0 Å². The van der Waals surface area contributed by atoms with Gasteiger partial charge in [0.2, 0.25) is 10.0 Å². The molecule has 0 bridgehead atoms. The van der Waals surface area contributed by atoms with E-state index in [1.807, 2.05) is 12.2 Å². The monoisotopic (exact) mass is 422 g/mol. The summed E-state index contributed by atoms with van der Waals surface area (Å²) in [5.74, 6) is -0.695. The zero-order chi connectivity index (χ0) is 20.9. The molecule has 2 atom stereocenters. The van der Waals surface area contributed by atoms with Crippen LogP contribution in [0.1, 0.15) is 26.2 Å². The Morgan fingerprint density at radius 3 is 2.55 bits per heavy atom. The minimum atomic E-state index is -3.59. The Balaban J connectivity index is 1.53. The number of anilines is 1. The Morgan fingerprint density at radius 1 is 1.24 bits per heavy atom. The van der Waals surface area contributed by atoms with Crippen molar-refractivity contribution in [1.82, 2.24) is 4.31 Å². The first-order valence-electron chi connectivity index (χ1n) is 9.71. The number of sulfonamides is 1. The molecule has 0 saturated carbocycles. The van der Waals surface area contributed by atoms with E-state index in [2.05, 4.69) is 5.32 Å². The smallest absolute Gasteiger partial charge is 0.307 e. The summed E-state index contributed by atoms with van der Waals surface area (Å²) in [7, 11) is -3.59. The summed E-state index contributed by atoms with van der Waals surface area (Å²) in [6.45, 7) is 2.90. The molecule has 1 saturated heterocycles. The topological polar surface area (TPSA) is 102 Å². The summed E-state index contributed by atoms with van der Waals surface area (Å²) in [6, 6.07) is 5.93. The van der Waals surface area contributed by atoms with Gasteiger partial charge >= 0.3 is 5.97 Å². The number of hydrogen-bond acceptors (Lipinski definition) is 6. The third-order valence-electron chi connectivity index (χ3n) is 4.95. The highest BCUT2D eigenvalue weighted by Gasteiger charge is 2.26. The third-order valence-corrected chi connectivity index (χ3v) is 6.86. The van der Waals surface area contributed by atoms with Gasteiger partial charge in [0.1, 0.15) is 0 Å². The molecular formula is C20H26N2O6S. The van der Waals surface area contributed by atoms with Crippen LogP contribution in [0.25, 0.3) is 0 Å². The number of amides is 1. The van der Waals surface area contributed by atoms with Gasteiger partial charge in [-0.05, 0) is 49.9 Å². The van der Waals surface area contributed by atoms with E-state index in [1.54, 1.807) is 0 Å². The average Bonchev–Trinajstić information content (AvgIpc) is 3.22. The fraction of sp³-hybridized carbons (Fsp3) is 0.500. The van der Waals surface area contributed by atoms with Gasteiger partial charge in [-0.15, -0.1) is 0 Å². The van der Waals surface area contributed by atoms with Crippen LogP contribution < -0.4 is 5.32 Å². The molecular weight excluding hydrogens is 396 g/mol. The van der Waals surface area contributed by atoms with E-state index in [-0.39, 0.29) is 17.2 Å². The molecule has 158 valence electrons. The number of carbonyl (C=O) groups excluding carboxylic acids is 2. The largest absolute Gasteiger partial charge is 0.453 e. The standard InChI is InChI=1S/C20H26N2O6S/c1-15(28-19(23)14-16-4-2-3-5-16)20(24)21-17-6-8-18(9-7-17)29(25,26)22-10-12-27-13-11-22/h2,4,6-9,15-16H,3,5,10-14H2,1H3,(H,21,24)/t15-,16+/m0/s1. The highest BCUT2D eigenvalue weighted by Crippen LogP contribution is 2.22. The molecule has 2 aliphatic rings. The van der Waals surface area contributed by atoms with Crippen LogP contribution in [0, 0.1) is 5.92 Å². The zero-order valence-corrected chi connectivity index (χ0v) is 17.2. The van der Waals surface area contributed by atoms with Gasteiger partial charge in [-0.2, -0.15) is 4.31 Å². The SMILES string of the molecule is C[C@H](OC(=O)C[C@@H]1C=CCC1)C(=O)Nc1ccc(S(=O)(=O)N2CCOCC2)cc1. The summed E-state index contributed by atoms with van der Waals surface area (Å²) in [4.78, 5) is 24.4. The zero-order valence-electron chi connectivity index (χ0n) is 16.4. The predicted octanol–water partition coefficient (Wildman–Crippen LogP) is 1.93. The van der Waals surface area contributed by atoms with Gasteiger partial charge in [0.05, 0.1) is 24.5 Å². The van der Waals surface area contributed by atoms with E-state index in [0.717, 1.165) is 12.8 Å². The molecule has 3 rings (SSSR count). The lowest BCUT2D eigenvalue weighted by Gasteiger charge is -2.26. The van der Waals surface area contributed by atoms with E-state index >= 15 is 0 Å². The number of nitrogens with zero attached hydrogens (tertiary/aromatic N) is 1. The van der Waals surface area contributed by atoms with Gasteiger partial charge in [-0.25, -0.2) is 8.42 Å². The van der Waals surface area contributed by atoms with Crippen molar-refractivity contribution < 1.29 is 27.5 Å². The average molecular weight is 423 g/mol. The van der Waals surface area contributed by atoms with Crippen LogP contribution >= 0.6 is 0 Å². The number of esters is 1. The Labute approximate surface area is 170 Å². The molecule has 1 fully saturated rings. The Morgan fingerprint density at radius 2 is 1.93 bits per heavy atom. The van der Waals surface area contributed by atoms with Crippen molar-refractivity contribution in [2.75, 3.05) is 31.6 Å². The molecule has 29 heavy (non-hydrogen) atoms. The Kier molecular flexibility index (Phi) is 7.05. The molecule has 0 unspecified atom stereocenters. The quantitative estimate of drug-likeness (QED) is 0.532. The molecule has 8 nitrogen and oxygen atoms in total. The Bertz CT molecular complexity index is 859. The molecule has 1 aromatic rings. The first-order valence-corrected chi connectivity index (χ1v) is 11.2. The second-order valence-electron chi connectivity index (χ2n) is 7.13. The number of nitrogens with one attached hydrogen (secondary N) is 1. The highest BCUT2D eigenvalue weighted by molar-refractivity contribution is 7.89. The van der Waals surface area contributed by atoms with Crippen molar-refractivity contribution in [3.8, 4) is 0 Å². The summed E-state index contributed by atoms with van der Waals surface area (Å²) in [6.07, 6.45) is 5.25. The predicted molar refractivity (Wildman–Crippen MR) is 107 cm³/mol. The summed E-state index contributed by atoms with van der Waals surface area (Å²) < 4.78 is 37.0. The summed E-state index contributed by atoms with van der Waals surface area (Å²) in [5, 5.41) is 2.64. The van der Waals surface area contributed by atoms with Crippen molar-refractivity contribution in [2.45, 2.75) is 37.2 Å². The van der Waals surface area contributed by atoms with E-state index < -0.39 is 28.0 Å². The maximum Gasteiger partial charge on any atom is 0.307 e. The van der Waals surface area contributed by atoms with E-state index in [9.17, 15) is 18.0 Å². The van der Waals surface area contributed by atoms with Gasteiger partial charge in [-0.3, -0.25) is 9.59 Å². The van der Waals surface area contributed by atoms with Gasteiger partial charge in [0, 0.05) is 18.8 Å². The maximum atomic E-state index is 12.6. The number of allylic oxidation sites excluding steroid dienone is 2. The molecule has 1 amide bonds. The number of ether oxygens (including phenoxy) is 2. The minimum absolute atomic E-state index is 0.154. The summed E-state index contributed by atoms with van der Waals surface area (Å²) in [5.41, 5.74) is 0.428. The van der Waals surface area contributed by atoms with Crippen LogP contribution in [-0.2, 0) is 29.1 Å². The summed E-state index contributed by atoms with van der Waals surface area (Å²) >= 11 is 0. The maximum absolute atomic E-state index is 12.6. The van der Waals surface area contributed by atoms with Crippen LogP contribution in [0.2, 0.25) is 0 Å². The van der Waals surface area contributed by atoms with Crippen molar-refractivity contribution >= 4 is 27.6 Å². The molecule has 0 aromatic heterocycles. The lowest BCUT2D eigenvalue weighted by molar-refractivity contribution is -0.153. The number of rotatable bonds is 7. The number of benzene rings is 1. The molecule has 1 aliphatic heterocycles. The Hall–Kier alpha value is -2.23. The molecule has 1 N–H and O–H groups in total. The molecule has 1 aliphatic carbocycles. The second kappa shape index (κ2) is 9.51. The lowest BCUT2D eigenvalue weighted by Crippen LogP contribution is -2.40. The first-order chi connectivity index (χ1) is 13.9. The van der Waals surface area contributed by atoms with Crippen LogP contribution in [0.4, 0.5) is 5.69 Å². The number of carbonyl (C=O) groups is 2. The third kappa shape index (κ3) is 5.65. The van der Waals surface area contributed by atoms with Crippen molar-refractivity contribution in [2.24, 2.45) is 5.92 Å². The van der Waals surface area contributed by atoms with Crippen LogP contribution in [0.15, 0.2) is 41.3 Å². The van der Waals surface area contributed by atoms with E-state index in [4.69, 9.17) is 9.47 Å². The van der Waals surface area contributed by atoms with Crippen molar-refractivity contribution in [3.05, 3.63) is 36.4 Å². The number of morpholine rings is 1. The molecule has 0 radical (unpaired) electrons. The van der Waals surface area contributed by atoms with Crippen molar-refractivity contribution in [1.29, 1.82) is 0 Å². The van der Waals surface area contributed by atoms with Crippen LogP contribution in [0.3, 0.4) is 0 Å². The highest BCUT2D eigenvalue weighted by atomic mass is 32.2. The van der Waals surface area contributed by atoms with Gasteiger partial charge < -0.3 is 14.8 Å². The van der Waals surface area contributed by atoms with Gasteiger partial charge in [0.15, 0.2) is 6.10 Å².